The van der Waals surface area contributed by atoms with E-state index in [2.05, 4.69) is 48.7 Å². The second-order valence-corrected chi connectivity index (χ2v) is 10.7. The Morgan fingerprint density at radius 2 is 2.10 bits per heavy atom. The van der Waals surface area contributed by atoms with Crippen LogP contribution in [0.3, 0.4) is 0 Å². The molecule has 1 aromatic heterocycles. The molecule has 0 aliphatic rings. The zero-order valence-electron chi connectivity index (χ0n) is 13.4. The van der Waals surface area contributed by atoms with E-state index in [4.69, 9.17) is 4.43 Å². The second-order valence-electron chi connectivity index (χ2n) is 6.23. The normalized spacial score (nSPS) is 12.0. The topological polar surface area (TPSA) is 39.4 Å². The van der Waals surface area contributed by atoms with Gasteiger partial charge in [-0.25, -0.2) is 4.98 Å². The zero-order valence-corrected chi connectivity index (χ0v) is 14.4. The molecule has 0 saturated heterocycles. The van der Waals surface area contributed by atoms with E-state index < -0.39 is 8.32 Å². The Hall–Kier alpha value is -1.88. The number of hydrogen-bond donors (Lipinski definition) is 0. The molecule has 0 aliphatic heterocycles. The second kappa shape index (κ2) is 6.26. The number of hydrogen-bond acceptors (Lipinski definition) is 3. The third kappa shape index (κ3) is 4.86. The Morgan fingerprint density at radius 1 is 1.33 bits per heavy atom. The maximum absolute atomic E-state index is 6.13. The molecular formula is C16H23N3OSi. The van der Waals surface area contributed by atoms with Crippen LogP contribution in [-0.2, 0) is 13.5 Å². The third-order valence-electron chi connectivity index (χ3n) is 2.82. The highest BCUT2D eigenvalue weighted by atomic mass is 28.4. The molecule has 112 valence electrons. The Kier molecular flexibility index (Phi) is 4.62. The van der Waals surface area contributed by atoms with Gasteiger partial charge < -0.3 is 8.99 Å². The van der Waals surface area contributed by atoms with Gasteiger partial charge in [-0.1, -0.05) is 6.07 Å². The minimum absolute atomic E-state index is 0.723. The number of benzene rings is 1. The van der Waals surface area contributed by atoms with E-state index in [0.717, 1.165) is 23.6 Å². The van der Waals surface area contributed by atoms with Crippen LogP contribution in [0.2, 0.25) is 19.6 Å². The number of aromatic nitrogens is 2. The highest BCUT2D eigenvalue weighted by molar-refractivity contribution is 6.70. The molecule has 0 bridgehead atoms. The van der Waals surface area contributed by atoms with Crippen LogP contribution in [0.5, 0.6) is 5.75 Å². The number of rotatable bonds is 5. The first-order valence-corrected chi connectivity index (χ1v) is 10.5. The molecule has 1 heterocycles. The van der Waals surface area contributed by atoms with Gasteiger partial charge in [0, 0.05) is 25.9 Å². The smallest absolute Gasteiger partial charge is 0.242 e. The van der Waals surface area contributed by atoms with Gasteiger partial charge >= 0.3 is 0 Å². The van der Waals surface area contributed by atoms with Crippen LogP contribution in [0.4, 0.5) is 5.69 Å². The SMILES string of the molecule is Cc1ccc(N=CCc2cn(C)cn2)c(O[Si](C)(C)C)c1. The lowest BCUT2D eigenvalue weighted by molar-refractivity contribution is 0.558. The van der Waals surface area contributed by atoms with E-state index >= 15 is 0 Å². The monoisotopic (exact) mass is 301 g/mol. The van der Waals surface area contributed by atoms with Crippen molar-refractivity contribution in [3.05, 3.63) is 42.0 Å². The van der Waals surface area contributed by atoms with Gasteiger partial charge in [0.25, 0.3) is 0 Å². The molecule has 0 aliphatic carbocycles. The van der Waals surface area contributed by atoms with Crippen molar-refractivity contribution in [3.63, 3.8) is 0 Å². The minimum Gasteiger partial charge on any atom is -0.543 e. The molecule has 0 spiro atoms. The summed E-state index contributed by atoms with van der Waals surface area (Å²) in [6.45, 7) is 8.60. The van der Waals surface area contributed by atoms with Gasteiger partial charge in [-0.2, -0.15) is 0 Å². The maximum atomic E-state index is 6.13. The maximum Gasteiger partial charge on any atom is 0.242 e. The zero-order chi connectivity index (χ0) is 15.5. The van der Waals surface area contributed by atoms with Crippen molar-refractivity contribution in [1.82, 2.24) is 9.55 Å². The quantitative estimate of drug-likeness (QED) is 0.621. The molecule has 0 unspecified atom stereocenters. The Morgan fingerprint density at radius 3 is 2.71 bits per heavy atom. The fraction of sp³-hybridized carbons (Fsp3) is 0.375. The van der Waals surface area contributed by atoms with Gasteiger partial charge in [-0.05, 0) is 44.3 Å². The van der Waals surface area contributed by atoms with E-state index in [0.29, 0.717) is 0 Å². The molecule has 0 fully saturated rings. The lowest BCUT2D eigenvalue weighted by Crippen LogP contribution is -2.29. The summed E-state index contributed by atoms with van der Waals surface area (Å²) in [5, 5.41) is 0. The molecule has 0 saturated carbocycles. The van der Waals surface area contributed by atoms with Crippen molar-refractivity contribution in [2.24, 2.45) is 12.0 Å². The molecule has 0 radical (unpaired) electrons. The lowest BCUT2D eigenvalue weighted by Gasteiger charge is -2.20. The molecule has 2 aromatic rings. The largest absolute Gasteiger partial charge is 0.543 e. The molecule has 0 atom stereocenters. The number of aliphatic imine (C=N–C) groups is 1. The average Bonchev–Trinajstić information content (AvgIpc) is 2.76. The van der Waals surface area contributed by atoms with Crippen LogP contribution >= 0.6 is 0 Å². The van der Waals surface area contributed by atoms with Crippen LogP contribution in [0, 0.1) is 6.92 Å². The summed E-state index contributed by atoms with van der Waals surface area (Å²) in [5.74, 6) is 0.881. The number of nitrogens with zero attached hydrogens (tertiary/aromatic N) is 3. The summed E-state index contributed by atoms with van der Waals surface area (Å²) in [7, 11) is 0.324. The van der Waals surface area contributed by atoms with Gasteiger partial charge in [0.1, 0.15) is 11.4 Å². The molecule has 4 nitrogen and oxygen atoms in total. The first kappa shape index (κ1) is 15.5. The van der Waals surface area contributed by atoms with E-state index in [1.54, 1.807) is 6.33 Å². The fourth-order valence-electron chi connectivity index (χ4n) is 1.95. The van der Waals surface area contributed by atoms with Gasteiger partial charge in [-0.3, -0.25) is 4.99 Å². The average molecular weight is 301 g/mol. The first-order valence-electron chi connectivity index (χ1n) is 7.12. The molecule has 2 rings (SSSR count). The van der Waals surface area contributed by atoms with Crippen molar-refractivity contribution in [2.75, 3.05) is 0 Å². The molecular weight excluding hydrogens is 278 g/mol. The summed E-state index contributed by atoms with van der Waals surface area (Å²) < 4.78 is 8.07. The summed E-state index contributed by atoms with van der Waals surface area (Å²) in [6, 6.07) is 6.13. The summed E-state index contributed by atoms with van der Waals surface area (Å²) in [4.78, 5) is 8.85. The Labute approximate surface area is 127 Å². The third-order valence-corrected chi connectivity index (χ3v) is 3.65. The minimum atomic E-state index is -1.64. The van der Waals surface area contributed by atoms with Crippen LogP contribution in [0.15, 0.2) is 35.7 Å². The predicted octanol–water partition coefficient (Wildman–Crippen LogP) is 3.89. The van der Waals surface area contributed by atoms with Gasteiger partial charge in [-0.15, -0.1) is 0 Å². The molecule has 5 heteroatoms. The van der Waals surface area contributed by atoms with Gasteiger partial charge in [0.2, 0.25) is 8.32 Å². The summed E-state index contributed by atoms with van der Waals surface area (Å²) >= 11 is 0. The van der Waals surface area contributed by atoms with E-state index in [1.807, 2.05) is 30.1 Å². The van der Waals surface area contributed by atoms with E-state index in [9.17, 15) is 0 Å². The molecule has 0 N–H and O–H groups in total. The van der Waals surface area contributed by atoms with Gasteiger partial charge in [0.15, 0.2) is 0 Å². The highest BCUT2D eigenvalue weighted by Gasteiger charge is 2.18. The first-order chi connectivity index (χ1) is 9.83. The lowest BCUT2D eigenvalue weighted by atomic mass is 10.2. The van der Waals surface area contributed by atoms with E-state index in [1.165, 1.54) is 5.56 Å². The Balaban J connectivity index is 2.15. The highest BCUT2D eigenvalue weighted by Crippen LogP contribution is 2.30. The van der Waals surface area contributed by atoms with Crippen molar-refractivity contribution in [1.29, 1.82) is 0 Å². The molecule has 0 amide bonds. The van der Waals surface area contributed by atoms with Crippen molar-refractivity contribution in [3.8, 4) is 5.75 Å². The number of aryl methyl sites for hydroxylation is 2. The fourth-order valence-corrected chi connectivity index (χ4v) is 2.77. The predicted molar refractivity (Wildman–Crippen MR) is 90.2 cm³/mol. The van der Waals surface area contributed by atoms with Gasteiger partial charge in [0.05, 0.1) is 12.0 Å². The Bertz CT molecular complexity index is 641. The summed E-state index contributed by atoms with van der Waals surface area (Å²) in [5.41, 5.74) is 3.09. The standard InChI is InChI=1S/C16H23N3OSi/c1-13-6-7-15(16(10-13)20-21(3,4)5)17-9-8-14-11-19(2)12-18-14/h6-7,9-12H,8H2,1-5H3. The van der Waals surface area contributed by atoms with Crippen LogP contribution in [-0.4, -0.2) is 24.1 Å². The van der Waals surface area contributed by atoms with Crippen molar-refractivity contribution >= 4 is 20.2 Å². The molecule has 1 aromatic carbocycles. The molecule has 21 heavy (non-hydrogen) atoms. The van der Waals surface area contributed by atoms with Crippen LogP contribution in [0.1, 0.15) is 11.3 Å². The van der Waals surface area contributed by atoms with Crippen LogP contribution < -0.4 is 4.43 Å². The van der Waals surface area contributed by atoms with Crippen molar-refractivity contribution < 1.29 is 4.43 Å². The summed E-state index contributed by atoms with van der Waals surface area (Å²) in [6.07, 6.45) is 6.42. The van der Waals surface area contributed by atoms with Crippen molar-refractivity contribution in [2.45, 2.75) is 33.0 Å². The van der Waals surface area contributed by atoms with E-state index in [-0.39, 0.29) is 0 Å². The van der Waals surface area contributed by atoms with Crippen LogP contribution in [0.25, 0.3) is 0 Å². The number of imidazole rings is 1.